The normalized spacial score (nSPS) is 11.7. The number of hydrogen-bond acceptors (Lipinski definition) is 9. The average Bonchev–Trinajstić information content (AvgIpc) is 3.69. The maximum absolute atomic E-state index is 13.2. The highest BCUT2D eigenvalue weighted by molar-refractivity contribution is 7.11. The fourth-order valence-corrected chi connectivity index (χ4v) is 5.76. The van der Waals surface area contributed by atoms with E-state index in [1.54, 1.807) is 18.5 Å². The van der Waals surface area contributed by atoms with Gasteiger partial charge in [-0.25, -0.2) is 15.0 Å². The van der Waals surface area contributed by atoms with Crippen molar-refractivity contribution >= 4 is 45.7 Å². The van der Waals surface area contributed by atoms with E-state index >= 15 is 0 Å². The van der Waals surface area contributed by atoms with Crippen molar-refractivity contribution in [2.24, 2.45) is 0 Å². The first-order valence-electron chi connectivity index (χ1n) is 11.4. The molecule has 0 aliphatic rings. The van der Waals surface area contributed by atoms with Crippen LogP contribution in [-0.4, -0.2) is 42.6 Å². The van der Waals surface area contributed by atoms with E-state index in [4.69, 9.17) is 9.72 Å². The van der Waals surface area contributed by atoms with Crippen LogP contribution >= 0.6 is 22.7 Å². The van der Waals surface area contributed by atoms with Gasteiger partial charge in [0.2, 0.25) is 11.8 Å². The number of aryl methyl sites for hydroxylation is 2. The number of amides is 1. The number of rotatable bonds is 8. The molecule has 0 radical (unpaired) electrons. The fourth-order valence-electron chi connectivity index (χ4n) is 4.03. The summed E-state index contributed by atoms with van der Waals surface area (Å²) in [5.74, 6) is 0.278. The molecular weight excluding hydrogens is 496 g/mol. The zero-order valence-corrected chi connectivity index (χ0v) is 21.6. The van der Waals surface area contributed by atoms with Crippen LogP contribution in [0.4, 0.5) is 5.95 Å². The van der Waals surface area contributed by atoms with Crippen LogP contribution in [0.25, 0.3) is 11.2 Å². The van der Waals surface area contributed by atoms with E-state index in [2.05, 4.69) is 20.3 Å². The number of hydrogen-bond donors (Lipinski definition) is 2. The Bertz CT molecular complexity index is 1460. The van der Waals surface area contributed by atoms with Crippen LogP contribution in [0.15, 0.2) is 53.5 Å². The van der Waals surface area contributed by atoms with Crippen LogP contribution in [0.3, 0.4) is 0 Å². The molecule has 0 fully saturated rings. The summed E-state index contributed by atoms with van der Waals surface area (Å²) in [7, 11) is 1.45. The van der Waals surface area contributed by atoms with Gasteiger partial charge in [0.15, 0.2) is 17.1 Å². The summed E-state index contributed by atoms with van der Waals surface area (Å²) >= 11 is 2.90. The van der Waals surface area contributed by atoms with Gasteiger partial charge in [-0.1, -0.05) is 19.1 Å². The highest BCUT2D eigenvalue weighted by atomic mass is 32.1. The molecule has 36 heavy (non-hydrogen) atoms. The molecule has 0 saturated carbocycles. The highest BCUT2D eigenvalue weighted by Crippen LogP contribution is 2.42. The van der Waals surface area contributed by atoms with Crippen molar-refractivity contribution in [2.45, 2.75) is 32.4 Å². The molecular formula is C25H24N6O3S2. The summed E-state index contributed by atoms with van der Waals surface area (Å²) in [5, 5.41) is 18.7. The molecule has 5 rings (SSSR count). The van der Waals surface area contributed by atoms with Crippen molar-refractivity contribution in [1.82, 2.24) is 24.5 Å². The van der Waals surface area contributed by atoms with Gasteiger partial charge in [-0.2, -0.15) is 4.98 Å². The fraction of sp³-hybridized carbons (Fsp3) is 0.240. The third-order valence-electron chi connectivity index (χ3n) is 5.88. The number of nitrogens with zero attached hydrogens (tertiary/aromatic N) is 5. The standard InChI is InChI=1S/C25H24N6O3S2/c1-4-15-13-26-24(27-14-15)30-21(32)16-12-17-20(28-22(16)34-3)29-23(31(17)5-2)25(33,18-8-6-10-35-18)19-9-7-11-36-19/h6-14,33H,4-5H2,1-3H3,(H,26,27,30,32). The molecule has 11 heteroatoms. The van der Waals surface area contributed by atoms with Crippen LogP contribution in [-0.2, 0) is 18.6 Å². The Morgan fingerprint density at radius 3 is 2.31 bits per heavy atom. The van der Waals surface area contributed by atoms with Crippen molar-refractivity contribution in [3.63, 3.8) is 0 Å². The molecule has 0 spiro atoms. The minimum Gasteiger partial charge on any atom is -0.480 e. The summed E-state index contributed by atoms with van der Waals surface area (Å²) in [5.41, 5.74) is 0.688. The lowest BCUT2D eigenvalue weighted by Crippen LogP contribution is -2.30. The van der Waals surface area contributed by atoms with Crippen molar-refractivity contribution in [3.8, 4) is 5.88 Å². The molecule has 0 saturated heterocycles. The van der Waals surface area contributed by atoms with Crippen LogP contribution in [0.2, 0.25) is 0 Å². The summed E-state index contributed by atoms with van der Waals surface area (Å²) in [6.45, 7) is 4.47. The summed E-state index contributed by atoms with van der Waals surface area (Å²) in [4.78, 5) is 32.4. The molecule has 0 aliphatic carbocycles. The second-order valence-electron chi connectivity index (χ2n) is 7.96. The van der Waals surface area contributed by atoms with Crippen LogP contribution in [0.5, 0.6) is 5.88 Å². The molecule has 0 aliphatic heterocycles. The second kappa shape index (κ2) is 9.76. The zero-order valence-electron chi connectivity index (χ0n) is 19.9. The molecule has 0 aromatic carbocycles. The van der Waals surface area contributed by atoms with Crippen molar-refractivity contribution in [3.05, 3.63) is 80.2 Å². The Balaban J connectivity index is 1.63. The molecule has 184 valence electrons. The number of methoxy groups -OCH3 is 1. The molecule has 5 heterocycles. The minimum atomic E-state index is -1.47. The molecule has 0 unspecified atom stereocenters. The predicted octanol–water partition coefficient (Wildman–Crippen LogP) is 4.47. The van der Waals surface area contributed by atoms with Crippen molar-refractivity contribution in [2.75, 3.05) is 12.4 Å². The Hall–Kier alpha value is -3.67. The number of imidazole rings is 1. The van der Waals surface area contributed by atoms with E-state index in [1.807, 2.05) is 53.4 Å². The maximum Gasteiger partial charge on any atom is 0.263 e. The lowest BCUT2D eigenvalue weighted by Gasteiger charge is -2.26. The quantitative estimate of drug-likeness (QED) is 0.310. The number of nitrogens with one attached hydrogen (secondary N) is 1. The van der Waals surface area contributed by atoms with Gasteiger partial charge in [-0.3, -0.25) is 10.1 Å². The monoisotopic (exact) mass is 520 g/mol. The summed E-state index contributed by atoms with van der Waals surface area (Å²) in [6.07, 6.45) is 4.15. The van der Waals surface area contributed by atoms with Crippen LogP contribution < -0.4 is 10.1 Å². The highest BCUT2D eigenvalue weighted by Gasteiger charge is 2.41. The number of carbonyl (C=O) groups excluding carboxylic acids is 1. The van der Waals surface area contributed by atoms with Gasteiger partial charge in [0, 0.05) is 28.7 Å². The van der Waals surface area contributed by atoms with Crippen molar-refractivity contribution < 1.29 is 14.6 Å². The van der Waals surface area contributed by atoms with Gasteiger partial charge in [-0.15, -0.1) is 22.7 Å². The van der Waals surface area contributed by atoms with E-state index in [1.165, 1.54) is 29.8 Å². The van der Waals surface area contributed by atoms with Crippen molar-refractivity contribution in [1.29, 1.82) is 0 Å². The van der Waals surface area contributed by atoms with E-state index in [9.17, 15) is 9.90 Å². The number of fused-ring (bicyclic) bond motifs is 1. The summed E-state index contributed by atoms with van der Waals surface area (Å²) in [6, 6.07) is 9.26. The van der Waals surface area contributed by atoms with E-state index in [-0.39, 0.29) is 17.4 Å². The zero-order chi connectivity index (χ0) is 25.3. The van der Waals surface area contributed by atoms with E-state index < -0.39 is 11.5 Å². The number of thiophene rings is 2. The molecule has 5 aromatic heterocycles. The van der Waals surface area contributed by atoms with Gasteiger partial charge in [0.25, 0.3) is 5.91 Å². The molecule has 2 N–H and O–H groups in total. The third kappa shape index (κ3) is 4.04. The number of pyridine rings is 1. The first-order chi connectivity index (χ1) is 17.5. The first kappa shape index (κ1) is 24.0. The lowest BCUT2D eigenvalue weighted by molar-refractivity contribution is 0.102. The van der Waals surface area contributed by atoms with E-state index in [0.717, 1.165) is 21.7 Å². The second-order valence-corrected chi connectivity index (χ2v) is 9.85. The molecule has 1 amide bonds. The number of ether oxygens (including phenoxy) is 1. The smallest absolute Gasteiger partial charge is 0.263 e. The van der Waals surface area contributed by atoms with Gasteiger partial charge >= 0.3 is 0 Å². The minimum absolute atomic E-state index is 0.119. The predicted molar refractivity (Wildman–Crippen MR) is 140 cm³/mol. The molecule has 9 nitrogen and oxygen atoms in total. The lowest BCUT2D eigenvalue weighted by atomic mass is 9.98. The molecule has 0 atom stereocenters. The van der Waals surface area contributed by atoms with Gasteiger partial charge in [0.1, 0.15) is 5.56 Å². The number of anilines is 1. The Kier molecular flexibility index (Phi) is 6.52. The average molecular weight is 521 g/mol. The van der Waals surface area contributed by atoms with Gasteiger partial charge in [0.05, 0.1) is 12.6 Å². The number of carbonyl (C=O) groups is 1. The van der Waals surface area contributed by atoms with Crippen LogP contribution in [0, 0.1) is 0 Å². The van der Waals surface area contributed by atoms with Crippen LogP contribution in [0.1, 0.15) is 45.3 Å². The Labute approximate surface area is 215 Å². The molecule has 5 aromatic rings. The SMILES string of the molecule is CCc1cnc(NC(=O)c2cc3c(nc2OC)nc(C(O)(c2cccs2)c2cccs2)n3CC)nc1. The Morgan fingerprint density at radius 2 is 1.78 bits per heavy atom. The van der Waals surface area contributed by atoms with E-state index in [0.29, 0.717) is 23.5 Å². The van der Waals surface area contributed by atoms with Gasteiger partial charge < -0.3 is 14.4 Å². The number of aromatic nitrogens is 5. The largest absolute Gasteiger partial charge is 0.480 e. The number of aliphatic hydroxyl groups is 1. The first-order valence-corrected chi connectivity index (χ1v) is 13.1. The topological polar surface area (TPSA) is 115 Å². The Morgan fingerprint density at radius 1 is 1.11 bits per heavy atom. The molecule has 0 bridgehead atoms. The third-order valence-corrected chi connectivity index (χ3v) is 7.84. The summed E-state index contributed by atoms with van der Waals surface area (Å²) < 4.78 is 7.32. The van der Waals surface area contributed by atoms with Gasteiger partial charge in [-0.05, 0) is 47.9 Å². The maximum atomic E-state index is 13.2.